The molecule has 2 fully saturated rings. The highest BCUT2D eigenvalue weighted by molar-refractivity contribution is 5.85. The first-order chi connectivity index (χ1) is 15.0. The lowest BCUT2D eigenvalue weighted by Gasteiger charge is -2.25. The van der Waals surface area contributed by atoms with Crippen LogP contribution in [0.3, 0.4) is 0 Å². The van der Waals surface area contributed by atoms with Crippen LogP contribution in [0, 0.1) is 19.8 Å². The lowest BCUT2D eigenvalue weighted by molar-refractivity contribution is -0.139. The highest BCUT2D eigenvalue weighted by Gasteiger charge is 2.32. The second-order valence-corrected chi connectivity index (χ2v) is 8.83. The highest BCUT2D eigenvalue weighted by atomic mass is 16.5. The predicted molar refractivity (Wildman–Crippen MR) is 117 cm³/mol. The molecule has 2 aromatic rings. The first-order valence-corrected chi connectivity index (χ1v) is 11.2. The second kappa shape index (κ2) is 9.64. The van der Waals surface area contributed by atoms with Crippen LogP contribution < -0.4 is 0 Å². The first-order valence-electron chi connectivity index (χ1n) is 11.2. The van der Waals surface area contributed by atoms with Gasteiger partial charge in [0, 0.05) is 44.9 Å². The van der Waals surface area contributed by atoms with Gasteiger partial charge in [0.15, 0.2) is 0 Å². The number of rotatable bonds is 8. The van der Waals surface area contributed by atoms with E-state index in [0.29, 0.717) is 45.1 Å². The molecule has 31 heavy (non-hydrogen) atoms. The quantitative estimate of drug-likeness (QED) is 0.653. The number of hydrogen-bond acceptors (Lipinski definition) is 4. The van der Waals surface area contributed by atoms with E-state index in [0.717, 1.165) is 17.0 Å². The summed E-state index contributed by atoms with van der Waals surface area (Å²) in [5.41, 5.74) is 3.07. The van der Waals surface area contributed by atoms with E-state index in [1.54, 1.807) is 4.90 Å². The normalized spacial score (nSPS) is 19.5. The Labute approximate surface area is 184 Å². The molecular formula is C24H32N4O3. The number of ether oxygens (including phenoxy) is 1. The molecule has 2 amide bonds. The molecule has 0 N–H and O–H groups in total. The van der Waals surface area contributed by atoms with Crippen LogP contribution in [0.2, 0.25) is 0 Å². The molecule has 0 radical (unpaired) electrons. The summed E-state index contributed by atoms with van der Waals surface area (Å²) in [7, 11) is 0. The highest BCUT2D eigenvalue weighted by Crippen LogP contribution is 2.29. The van der Waals surface area contributed by atoms with Gasteiger partial charge in [0.25, 0.3) is 0 Å². The van der Waals surface area contributed by atoms with Gasteiger partial charge in [-0.05, 0) is 44.2 Å². The number of carbonyl (C=O) groups is 2. The fourth-order valence-electron chi connectivity index (χ4n) is 4.05. The van der Waals surface area contributed by atoms with Crippen LogP contribution in [0.5, 0.6) is 0 Å². The van der Waals surface area contributed by atoms with E-state index in [9.17, 15) is 9.59 Å². The van der Waals surface area contributed by atoms with Crippen molar-refractivity contribution < 1.29 is 14.3 Å². The molecule has 1 atom stereocenters. The van der Waals surface area contributed by atoms with Crippen LogP contribution in [0.1, 0.15) is 36.2 Å². The molecule has 4 rings (SSSR count). The van der Waals surface area contributed by atoms with Gasteiger partial charge in [0.2, 0.25) is 11.8 Å². The molecule has 0 spiro atoms. The Morgan fingerprint density at radius 2 is 1.94 bits per heavy atom. The summed E-state index contributed by atoms with van der Waals surface area (Å²) in [6.45, 7) is 6.78. The third-order valence-corrected chi connectivity index (χ3v) is 6.00. The van der Waals surface area contributed by atoms with Gasteiger partial charge in [-0.25, -0.2) is 0 Å². The maximum Gasteiger partial charge on any atom is 0.242 e. The predicted octanol–water partition coefficient (Wildman–Crippen LogP) is 2.56. The van der Waals surface area contributed by atoms with Gasteiger partial charge < -0.3 is 14.5 Å². The van der Waals surface area contributed by atoms with E-state index in [4.69, 9.17) is 4.74 Å². The van der Waals surface area contributed by atoms with Gasteiger partial charge in [-0.15, -0.1) is 0 Å². The van der Waals surface area contributed by atoms with E-state index in [1.165, 1.54) is 12.8 Å². The van der Waals surface area contributed by atoms with Crippen molar-refractivity contribution >= 4 is 11.8 Å². The molecule has 1 saturated carbocycles. The molecule has 2 heterocycles. The van der Waals surface area contributed by atoms with E-state index in [-0.39, 0.29) is 24.5 Å². The number of benzene rings is 1. The Morgan fingerprint density at radius 1 is 1.16 bits per heavy atom. The van der Waals surface area contributed by atoms with Crippen LogP contribution >= 0.6 is 0 Å². The largest absolute Gasteiger partial charge is 0.374 e. The monoisotopic (exact) mass is 424 g/mol. The van der Waals surface area contributed by atoms with Crippen LogP contribution in [0.4, 0.5) is 0 Å². The lowest BCUT2D eigenvalue weighted by atomic mass is 10.2. The van der Waals surface area contributed by atoms with Crippen LogP contribution in [-0.4, -0.2) is 63.7 Å². The minimum absolute atomic E-state index is 0.0255. The Bertz CT molecular complexity index is 907. The summed E-state index contributed by atoms with van der Waals surface area (Å²) in [5.74, 6) is 0.583. The zero-order valence-electron chi connectivity index (χ0n) is 18.5. The Hall–Kier alpha value is -2.67. The average Bonchev–Trinajstić information content (AvgIpc) is 3.54. The van der Waals surface area contributed by atoms with Crippen LogP contribution in [0.25, 0.3) is 0 Å². The van der Waals surface area contributed by atoms with Crippen molar-refractivity contribution in [1.29, 1.82) is 0 Å². The van der Waals surface area contributed by atoms with Crippen molar-refractivity contribution in [3.8, 4) is 0 Å². The molecule has 0 unspecified atom stereocenters. The lowest BCUT2D eigenvalue weighted by Crippen LogP contribution is -2.40. The first kappa shape index (κ1) is 21.6. The molecule has 7 heteroatoms. The number of amides is 2. The van der Waals surface area contributed by atoms with Crippen molar-refractivity contribution in [1.82, 2.24) is 19.6 Å². The number of carbonyl (C=O) groups excluding carboxylic acids is 2. The summed E-state index contributed by atoms with van der Waals surface area (Å²) < 4.78 is 8.02. The van der Waals surface area contributed by atoms with E-state index < -0.39 is 0 Å². The molecule has 0 bridgehead atoms. The minimum atomic E-state index is -0.159. The number of aromatic nitrogens is 2. The molecule has 1 aliphatic carbocycles. The number of aryl methyl sites for hydroxylation is 3. The smallest absolute Gasteiger partial charge is 0.242 e. The van der Waals surface area contributed by atoms with Crippen LogP contribution in [-0.2, 0) is 27.4 Å². The fraction of sp³-hybridized carbons (Fsp3) is 0.542. The van der Waals surface area contributed by atoms with Crippen molar-refractivity contribution in [3.63, 3.8) is 0 Å². The number of hydrogen-bond donors (Lipinski definition) is 0. The molecule has 166 valence electrons. The van der Waals surface area contributed by atoms with Gasteiger partial charge in [0.05, 0.1) is 18.3 Å². The third kappa shape index (κ3) is 5.94. The molecule has 1 aromatic carbocycles. The van der Waals surface area contributed by atoms with Crippen molar-refractivity contribution in [2.75, 3.05) is 26.2 Å². The molecule has 1 aliphatic heterocycles. The summed E-state index contributed by atoms with van der Waals surface area (Å²) >= 11 is 0. The minimum Gasteiger partial charge on any atom is -0.374 e. The number of nitrogens with zero attached hydrogens (tertiary/aromatic N) is 4. The van der Waals surface area contributed by atoms with Gasteiger partial charge in [-0.2, -0.15) is 5.10 Å². The summed E-state index contributed by atoms with van der Waals surface area (Å²) in [6, 6.07) is 12.0. The van der Waals surface area contributed by atoms with E-state index >= 15 is 0 Å². The standard InChI is InChI=1S/C24H32N4O3/c1-18-12-19(2)28(25-18)11-10-23(29)27-15-22(31-17-21-8-9-21)14-26(24(30)16-27)13-20-6-4-3-5-7-20/h3-7,12,21-22H,8-11,13-17H2,1-2H3/t22-/m0/s1. The van der Waals surface area contributed by atoms with Crippen LogP contribution in [0.15, 0.2) is 36.4 Å². The van der Waals surface area contributed by atoms with Crippen molar-refractivity contribution in [2.24, 2.45) is 5.92 Å². The Balaban J connectivity index is 1.42. The molecular weight excluding hydrogens is 392 g/mol. The third-order valence-electron chi connectivity index (χ3n) is 6.00. The molecule has 2 aliphatic rings. The zero-order valence-corrected chi connectivity index (χ0v) is 18.5. The second-order valence-electron chi connectivity index (χ2n) is 8.83. The van der Waals surface area contributed by atoms with Crippen molar-refractivity contribution in [2.45, 2.75) is 52.3 Å². The fourth-order valence-corrected chi connectivity index (χ4v) is 4.05. The summed E-state index contributed by atoms with van der Waals surface area (Å²) in [6.07, 6.45) is 2.59. The molecule has 1 saturated heterocycles. The summed E-state index contributed by atoms with van der Waals surface area (Å²) in [5, 5.41) is 4.44. The van der Waals surface area contributed by atoms with Gasteiger partial charge in [-0.1, -0.05) is 30.3 Å². The van der Waals surface area contributed by atoms with E-state index in [2.05, 4.69) is 5.10 Å². The zero-order chi connectivity index (χ0) is 21.8. The van der Waals surface area contributed by atoms with Crippen molar-refractivity contribution in [3.05, 3.63) is 53.3 Å². The maximum atomic E-state index is 13.0. The van der Waals surface area contributed by atoms with Gasteiger partial charge in [0.1, 0.15) is 0 Å². The maximum absolute atomic E-state index is 13.0. The average molecular weight is 425 g/mol. The van der Waals surface area contributed by atoms with E-state index in [1.807, 2.05) is 59.8 Å². The van der Waals surface area contributed by atoms with Gasteiger partial charge in [-0.3, -0.25) is 14.3 Å². The molecule has 7 nitrogen and oxygen atoms in total. The Morgan fingerprint density at radius 3 is 2.61 bits per heavy atom. The SMILES string of the molecule is Cc1cc(C)n(CCC(=O)N2CC(=O)N(Cc3ccccc3)C[C@H](OCC3CC3)C2)n1. The van der Waals surface area contributed by atoms with Gasteiger partial charge >= 0.3 is 0 Å². The topological polar surface area (TPSA) is 67.7 Å². The molecule has 1 aromatic heterocycles. The summed E-state index contributed by atoms with van der Waals surface area (Å²) in [4.78, 5) is 29.5. The Kier molecular flexibility index (Phi) is 6.70.